The molecule has 1 aromatic heterocycles. The molecule has 0 aliphatic heterocycles. The van der Waals surface area contributed by atoms with E-state index < -0.39 is 30.1 Å². The Bertz CT molecular complexity index is 1420. The molecular formula is C35H42N4O6. The molecule has 4 fully saturated rings. The van der Waals surface area contributed by atoms with Gasteiger partial charge in [-0.3, -0.25) is 4.79 Å². The largest absolute Gasteiger partial charge is 0.467 e. The molecule has 0 radical (unpaired) electrons. The van der Waals surface area contributed by atoms with Gasteiger partial charge in [0.15, 0.2) is 0 Å². The minimum absolute atomic E-state index is 0.0522. The monoisotopic (exact) mass is 614 g/mol. The fourth-order valence-corrected chi connectivity index (χ4v) is 7.83. The maximum Gasteiger partial charge on any atom is 0.408 e. The maximum absolute atomic E-state index is 13.7. The Hall–Kier alpha value is -4.18. The molecule has 0 unspecified atom stereocenters. The third-order valence-corrected chi connectivity index (χ3v) is 9.61. The Morgan fingerprint density at radius 3 is 2.11 bits per heavy atom. The van der Waals surface area contributed by atoms with E-state index in [4.69, 9.17) is 14.2 Å². The number of methoxy groups -OCH3 is 1. The number of aromatic nitrogens is 2. The van der Waals surface area contributed by atoms with Crippen LogP contribution in [0.4, 0.5) is 4.79 Å². The zero-order valence-electron chi connectivity index (χ0n) is 25.7. The number of rotatable bonds is 13. The van der Waals surface area contributed by atoms with Crippen LogP contribution in [-0.4, -0.2) is 52.3 Å². The van der Waals surface area contributed by atoms with Crippen molar-refractivity contribution in [2.75, 3.05) is 7.11 Å². The van der Waals surface area contributed by atoms with Crippen LogP contribution in [0.25, 0.3) is 0 Å². The van der Waals surface area contributed by atoms with E-state index in [1.165, 1.54) is 26.4 Å². The van der Waals surface area contributed by atoms with Gasteiger partial charge in [0.05, 0.1) is 19.0 Å². The zero-order valence-corrected chi connectivity index (χ0v) is 25.7. The van der Waals surface area contributed by atoms with E-state index in [-0.39, 0.29) is 25.0 Å². The smallest absolute Gasteiger partial charge is 0.408 e. The lowest BCUT2D eigenvalue weighted by Crippen LogP contribution is -2.53. The van der Waals surface area contributed by atoms with Gasteiger partial charge in [0.1, 0.15) is 25.4 Å². The third kappa shape index (κ3) is 7.73. The number of carbonyl (C=O) groups is 3. The Balaban J connectivity index is 1.15. The molecule has 2 atom stereocenters. The molecule has 4 saturated carbocycles. The predicted octanol–water partition coefficient (Wildman–Crippen LogP) is 4.56. The first-order valence-electron chi connectivity index (χ1n) is 15.9. The Labute approximate surface area is 263 Å². The van der Waals surface area contributed by atoms with Gasteiger partial charge in [0, 0.05) is 24.7 Å². The van der Waals surface area contributed by atoms with Crippen LogP contribution in [-0.2, 0) is 50.0 Å². The van der Waals surface area contributed by atoms with E-state index in [0.717, 1.165) is 53.8 Å². The van der Waals surface area contributed by atoms with Gasteiger partial charge in [-0.05, 0) is 67.4 Å². The number of nitrogens with zero attached hydrogens (tertiary/aromatic N) is 2. The molecule has 4 bridgehead atoms. The summed E-state index contributed by atoms with van der Waals surface area (Å²) in [7, 11) is 1.28. The molecule has 0 saturated heterocycles. The molecule has 0 spiro atoms. The van der Waals surface area contributed by atoms with Crippen LogP contribution in [0, 0.1) is 17.8 Å². The van der Waals surface area contributed by atoms with Crippen LogP contribution in [0.5, 0.6) is 0 Å². The number of ether oxygens (including phenoxy) is 3. The topological polar surface area (TPSA) is 121 Å². The number of amides is 2. The van der Waals surface area contributed by atoms with Gasteiger partial charge in [0.25, 0.3) is 0 Å². The van der Waals surface area contributed by atoms with E-state index in [2.05, 4.69) is 15.6 Å². The van der Waals surface area contributed by atoms with E-state index in [0.29, 0.717) is 6.73 Å². The first-order valence-corrected chi connectivity index (χ1v) is 15.9. The lowest BCUT2D eigenvalue weighted by atomic mass is 9.54. The van der Waals surface area contributed by atoms with Crippen LogP contribution in [0.3, 0.4) is 0 Å². The van der Waals surface area contributed by atoms with Crippen LogP contribution < -0.4 is 10.6 Å². The second kappa shape index (κ2) is 13.9. The Morgan fingerprint density at radius 1 is 0.867 bits per heavy atom. The molecule has 238 valence electrons. The molecule has 10 heteroatoms. The van der Waals surface area contributed by atoms with E-state index in [1.807, 2.05) is 65.2 Å². The Morgan fingerprint density at radius 2 is 1.49 bits per heavy atom. The second-order valence-corrected chi connectivity index (χ2v) is 13.0. The molecular weight excluding hydrogens is 572 g/mol. The number of hydrogen-bond acceptors (Lipinski definition) is 7. The van der Waals surface area contributed by atoms with Crippen molar-refractivity contribution in [2.24, 2.45) is 17.8 Å². The molecule has 4 aliphatic rings. The average molecular weight is 615 g/mol. The summed E-state index contributed by atoms with van der Waals surface area (Å²) >= 11 is 0. The molecule has 2 amide bonds. The highest BCUT2D eigenvalue weighted by atomic mass is 16.5. The summed E-state index contributed by atoms with van der Waals surface area (Å²) in [5, 5.41) is 5.53. The van der Waals surface area contributed by atoms with Crippen LogP contribution in [0.2, 0.25) is 0 Å². The molecule has 1 heterocycles. The zero-order chi connectivity index (χ0) is 31.2. The summed E-state index contributed by atoms with van der Waals surface area (Å²) in [6.07, 6.45) is 10.3. The van der Waals surface area contributed by atoms with Crippen molar-refractivity contribution in [3.05, 3.63) is 90.0 Å². The number of esters is 1. The summed E-state index contributed by atoms with van der Waals surface area (Å²) in [4.78, 5) is 43.7. The predicted molar refractivity (Wildman–Crippen MR) is 166 cm³/mol. The number of nitrogens with one attached hydrogen (secondary N) is 2. The second-order valence-electron chi connectivity index (χ2n) is 13.0. The van der Waals surface area contributed by atoms with Gasteiger partial charge in [-0.1, -0.05) is 60.7 Å². The average Bonchev–Trinajstić information content (AvgIpc) is 3.49. The van der Waals surface area contributed by atoms with Gasteiger partial charge in [-0.2, -0.15) is 0 Å². The van der Waals surface area contributed by atoms with Gasteiger partial charge >= 0.3 is 12.1 Å². The van der Waals surface area contributed by atoms with Crippen molar-refractivity contribution >= 4 is 18.0 Å². The molecule has 10 nitrogen and oxygen atoms in total. The third-order valence-electron chi connectivity index (χ3n) is 9.61. The number of imidazole rings is 1. The number of benzene rings is 2. The molecule has 45 heavy (non-hydrogen) atoms. The normalized spacial score (nSPS) is 24.4. The quantitative estimate of drug-likeness (QED) is 0.271. The standard InChI is InChI=1S/C35H42N4O6/c1-43-33(41)31(15-24-8-4-2-5-9-24)37-32(40)30(38-34(42)44-21-25-10-6-3-7-11-25)16-29-20-36-22-39(29)23-45-35-17-26-12-27(18-35)14-28(13-26)19-35/h2-11,20,22,26-28,30-31H,12-19,21,23H2,1H3,(H,37,40)(H,38,42)/t26?,27?,28?,30-,31+,35?/m1/s1. The number of carbonyl (C=O) groups excluding carboxylic acids is 3. The molecule has 2 N–H and O–H groups in total. The van der Waals surface area contributed by atoms with Crippen molar-refractivity contribution in [2.45, 2.75) is 82.4 Å². The highest BCUT2D eigenvalue weighted by Gasteiger charge is 2.51. The molecule has 7 rings (SSSR count). The molecule has 3 aromatic rings. The van der Waals surface area contributed by atoms with Crippen LogP contribution >= 0.6 is 0 Å². The van der Waals surface area contributed by atoms with E-state index in [9.17, 15) is 14.4 Å². The number of hydrogen-bond donors (Lipinski definition) is 2. The van der Waals surface area contributed by atoms with E-state index in [1.54, 1.807) is 12.5 Å². The summed E-state index contributed by atoms with van der Waals surface area (Å²) in [5.74, 6) is 1.17. The fraction of sp³-hybridized carbons (Fsp3) is 0.486. The summed E-state index contributed by atoms with van der Waals surface area (Å²) in [5.41, 5.74) is 2.32. The van der Waals surface area contributed by atoms with Crippen molar-refractivity contribution in [3.8, 4) is 0 Å². The lowest BCUT2D eigenvalue weighted by molar-refractivity contribution is -0.181. The first kappa shape index (κ1) is 30.8. The summed E-state index contributed by atoms with van der Waals surface area (Å²) < 4.78 is 19.0. The first-order chi connectivity index (χ1) is 21.9. The highest BCUT2D eigenvalue weighted by molar-refractivity contribution is 5.90. The lowest BCUT2D eigenvalue weighted by Gasteiger charge is -2.56. The maximum atomic E-state index is 13.7. The van der Waals surface area contributed by atoms with Gasteiger partial charge in [-0.15, -0.1) is 0 Å². The minimum Gasteiger partial charge on any atom is -0.467 e. The van der Waals surface area contributed by atoms with Crippen molar-refractivity contribution in [1.82, 2.24) is 20.2 Å². The van der Waals surface area contributed by atoms with Crippen LogP contribution in [0.1, 0.15) is 55.3 Å². The number of alkyl carbamates (subject to hydrolysis) is 1. The van der Waals surface area contributed by atoms with Crippen LogP contribution in [0.15, 0.2) is 73.2 Å². The van der Waals surface area contributed by atoms with Crippen molar-refractivity contribution in [3.63, 3.8) is 0 Å². The molecule has 2 aromatic carbocycles. The summed E-state index contributed by atoms with van der Waals surface area (Å²) in [6.45, 7) is 0.379. The fourth-order valence-electron chi connectivity index (χ4n) is 7.83. The highest BCUT2D eigenvalue weighted by Crippen LogP contribution is 2.57. The van der Waals surface area contributed by atoms with Gasteiger partial charge < -0.3 is 29.4 Å². The summed E-state index contributed by atoms with van der Waals surface area (Å²) in [6, 6.07) is 16.7. The molecule has 4 aliphatic carbocycles. The SMILES string of the molecule is COC(=O)[C@H](Cc1ccccc1)NC(=O)[C@@H](Cc1cncn1COC12CC3CC(CC(C3)C1)C2)NC(=O)OCc1ccccc1. The van der Waals surface area contributed by atoms with E-state index >= 15 is 0 Å². The van der Waals surface area contributed by atoms with Crippen molar-refractivity contribution in [1.29, 1.82) is 0 Å². The van der Waals surface area contributed by atoms with Gasteiger partial charge in [0.2, 0.25) is 5.91 Å². The Kier molecular flexibility index (Phi) is 9.49. The van der Waals surface area contributed by atoms with Gasteiger partial charge in [-0.25, -0.2) is 14.6 Å². The van der Waals surface area contributed by atoms with Crippen molar-refractivity contribution < 1.29 is 28.6 Å². The minimum atomic E-state index is -1.05.